The van der Waals surface area contributed by atoms with Crippen LogP contribution in [0.2, 0.25) is 0 Å². The number of tetrazole rings is 1. The molecule has 1 fully saturated rings. The molecular formula is C18H28N8O. The number of aromatic nitrogens is 6. The van der Waals surface area contributed by atoms with E-state index >= 15 is 0 Å². The van der Waals surface area contributed by atoms with Crippen LogP contribution in [0.4, 0.5) is 0 Å². The number of nitrogens with zero attached hydrogens (tertiary/aromatic N) is 7. The van der Waals surface area contributed by atoms with E-state index in [2.05, 4.69) is 36.5 Å². The third-order valence-electron chi connectivity index (χ3n) is 5.61. The Balaban J connectivity index is 1.29. The second-order valence-corrected chi connectivity index (χ2v) is 7.57. The van der Waals surface area contributed by atoms with E-state index in [4.69, 9.17) is 5.10 Å². The van der Waals surface area contributed by atoms with Gasteiger partial charge in [0.15, 0.2) is 0 Å². The predicted molar refractivity (Wildman–Crippen MR) is 98.4 cm³/mol. The van der Waals surface area contributed by atoms with Crippen molar-refractivity contribution in [2.24, 2.45) is 0 Å². The largest absolute Gasteiger partial charge is 0.350 e. The van der Waals surface area contributed by atoms with Crippen molar-refractivity contribution in [1.29, 1.82) is 0 Å². The van der Waals surface area contributed by atoms with Crippen LogP contribution in [0.5, 0.6) is 0 Å². The summed E-state index contributed by atoms with van der Waals surface area (Å²) >= 11 is 0. The SMILES string of the molecule is O=C(CCn1cnnn1)NCc1cc2n(n1)CCCN(C1CCCCC1)C2. The number of carbonyl (C=O) groups is 1. The number of amides is 1. The molecule has 1 aliphatic carbocycles. The molecule has 0 saturated heterocycles. The second-order valence-electron chi connectivity index (χ2n) is 7.57. The Morgan fingerprint density at radius 1 is 1.19 bits per heavy atom. The lowest BCUT2D eigenvalue weighted by molar-refractivity contribution is -0.121. The van der Waals surface area contributed by atoms with E-state index in [0.717, 1.165) is 37.8 Å². The Morgan fingerprint density at radius 2 is 2.07 bits per heavy atom. The maximum Gasteiger partial charge on any atom is 0.222 e. The van der Waals surface area contributed by atoms with Crippen molar-refractivity contribution in [3.8, 4) is 0 Å². The van der Waals surface area contributed by atoms with Crippen LogP contribution >= 0.6 is 0 Å². The summed E-state index contributed by atoms with van der Waals surface area (Å²) in [7, 11) is 0. The third kappa shape index (κ3) is 4.71. The van der Waals surface area contributed by atoms with Crippen LogP contribution in [0.25, 0.3) is 0 Å². The molecule has 0 aromatic carbocycles. The molecular weight excluding hydrogens is 344 g/mol. The Morgan fingerprint density at radius 3 is 2.89 bits per heavy atom. The molecule has 1 aliphatic heterocycles. The molecule has 4 rings (SSSR count). The van der Waals surface area contributed by atoms with Gasteiger partial charge in [0, 0.05) is 32.1 Å². The highest BCUT2D eigenvalue weighted by Gasteiger charge is 2.24. The van der Waals surface area contributed by atoms with E-state index < -0.39 is 0 Å². The van der Waals surface area contributed by atoms with Crippen LogP contribution in [-0.2, 0) is 31.0 Å². The molecule has 0 atom stereocenters. The predicted octanol–water partition coefficient (Wildman–Crippen LogP) is 1.11. The summed E-state index contributed by atoms with van der Waals surface area (Å²) in [5.41, 5.74) is 2.21. The minimum atomic E-state index is -0.0162. The second kappa shape index (κ2) is 8.60. The summed E-state index contributed by atoms with van der Waals surface area (Å²) < 4.78 is 3.68. The van der Waals surface area contributed by atoms with Gasteiger partial charge < -0.3 is 5.32 Å². The molecule has 9 nitrogen and oxygen atoms in total. The van der Waals surface area contributed by atoms with Gasteiger partial charge in [-0.2, -0.15) is 5.10 Å². The summed E-state index contributed by atoms with van der Waals surface area (Å²) in [6.07, 6.45) is 9.79. The quantitative estimate of drug-likeness (QED) is 0.816. The Kier molecular flexibility index (Phi) is 5.76. The van der Waals surface area contributed by atoms with Crippen LogP contribution in [0.3, 0.4) is 0 Å². The molecule has 1 N–H and O–H groups in total. The number of aryl methyl sites for hydroxylation is 2. The van der Waals surface area contributed by atoms with E-state index in [9.17, 15) is 4.79 Å². The fourth-order valence-corrected chi connectivity index (χ4v) is 4.17. The van der Waals surface area contributed by atoms with Crippen molar-refractivity contribution >= 4 is 5.91 Å². The minimum absolute atomic E-state index is 0.0162. The normalized spacial score (nSPS) is 18.8. The fourth-order valence-electron chi connectivity index (χ4n) is 4.17. The van der Waals surface area contributed by atoms with Gasteiger partial charge in [0.05, 0.1) is 24.5 Å². The van der Waals surface area contributed by atoms with Crippen molar-refractivity contribution in [3.63, 3.8) is 0 Å². The summed E-state index contributed by atoms with van der Waals surface area (Å²) in [5, 5.41) is 18.5. The zero-order valence-corrected chi connectivity index (χ0v) is 15.8. The van der Waals surface area contributed by atoms with Gasteiger partial charge in [-0.15, -0.1) is 5.10 Å². The topological polar surface area (TPSA) is 93.8 Å². The molecule has 0 bridgehead atoms. The summed E-state index contributed by atoms with van der Waals surface area (Å²) in [6, 6.07) is 2.89. The first-order valence-electron chi connectivity index (χ1n) is 10.0. The van der Waals surface area contributed by atoms with Crippen LogP contribution in [-0.4, -0.2) is 53.4 Å². The van der Waals surface area contributed by atoms with Crippen LogP contribution < -0.4 is 5.32 Å². The van der Waals surface area contributed by atoms with Gasteiger partial charge in [-0.1, -0.05) is 19.3 Å². The Labute approximate surface area is 159 Å². The monoisotopic (exact) mass is 372 g/mol. The summed E-state index contributed by atoms with van der Waals surface area (Å²) in [4.78, 5) is 14.7. The standard InChI is InChI=1S/C18H28N8O/c27-18(7-10-25-14-20-22-23-25)19-12-15-11-17-13-24(8-4-9-26(17)21-15)16-5-2-1-3-6-16/h11,14,16H,1-10,12-13H2,(H,19,27). The summed E-state index contributed by atoms with van der Waals surface area (Å²) in [6.45, 7) is 4.06. The Bertz CT molecular complexity index is 735. The molecule has 3 heterocycles. The van der Waals surface area contributed by atoms with E-state index in [1.807, 2.05) is 0 Å². The number of carbonyl (C=O) groups excluding carboxylic acids is 1. The first kappa shape index (κ1) is 18.1. The number of rotatable bonds is 6. The van der Waals surface area contributed by atoms with Gasteiger partial charge in [-0.3, -0.25) is 14.4 Å². The number of hydrogen-bond donors (Lipinski definition) is 1. The van der Waals surface area contributed by atoms with Crippen molar-refractivity contribution in [3.05, 3.63) is 23.8 Å². The lowest BCUT2D eigenvalue weighted by atomic mass is 9.94. The zero-order chi connectivity index (χ0) is 18.5. The first-order valence-corrected chi connectivity index (χ1v) is 10.0. The average molecular weight is 372 g/mol. The molecule has 2 aliphatic rings. The van der Waals surface area contributed by atoms with Crippen molar-refractivity contribution < 1.29 is 4.79 Å². The van der Waals surface area contributed by atoms with Gasteiger partial charge in [0.25, 0.3) is 0 Å². The van der Waals surface area contributed by atoms with Gasteiger partial charge >= 0.3 is 0 Å². The highest BCUT2D eigenvalue weighted by molar-refractivity contribution is 5.75. The van der Waals surface area contributed by atoms with Gasteiger partial charge in [-0.05, 0) is 35.8 Å². The van der Waals surface area contributed by atoms with E-state index in [1.54, 1.807) is 4.68 Å². The van der Waals surface area contributed by atoms with Crippen molar-refractivity contribution in [1.82, 2.24) is 40.2 Å². The smallest absolute Gasteiger partial charge is 0.222 e. The fraction of sp³-hybridized carbons (Fsp3) is 0.722. The Hall–Kier alpha value is -2.29. The maximum atomic E-state index is 12.0. The minimum Gasteiger partial charge on any atom is -0.350 e. The van der Waals surface area contributed by atoms with Gasteiger partial charge in [-0.25, -0.2) is 4.68 Å². The first-order chi connectivity index (χ1) is 13.3. The molecule has 0 spiro atoms. The molecule has 27 heavy (non-hydrogen) atoms. The highest BCUT2D eigenvalue weighted by atomic mass is 16.1. The molecule has 1 saturated carbocycles. The number of fused-ring (bicyclic) bond motifs is 1. The van der Waals surface area contributed by atoms with Crippen LogP contribution in [0.15, 0.2) is 12.4 Å². The molecule has 0 radical (unpaired) electrons. The van der Waals surface area contributed by atoms with Gasteiger partial charge in [0.1, 0.15) is 6.33 Å². The average Bonchev–Trinajstić information content (AvgIpc) is 3.31. The third-order valence-corrected chi connectivity index (χ3v) is 5.61. The van der Waals surface area contributed by atoms with E-state index in [0.29, 0.717) is 19.5 Å². The molecule has 146 valence electrons. The van der Waals surface area contributed by atoms with E-state index in [1.165, 1.54) is 44.1 Å². The molecule has 9 heteroatoms. The number of nitrogens with one attached hydrogen (secondary N) is 1. The summed E-state index contributed by atoms with van der Waals surface area (Å²) in [5.74, 6) is -0.0162. The maximum absolute atomic E-state index is 12.0. The van der Waals surface area contributed by atoms with Crippen molar-refractivity contribution in [2.45, 2.75) is 77.2 Å². The van der Waals surface area contributed by atoms with E-state index in [-0.39, 0.29) is 5.91 Å². The molecule has 2 aromatic heterocycles. The van der Waals surface area contributed by atoms with Gasteiger partial charge in [0.2, 0.25) is 5.91 Å². The zero-order valence-electron chi connectivity index (χ0n) is 15.8. The molecule has 1 amide bonds. The lowest BCUT2D eigenvalue weighted by Gasteiger charge is -2.33. The number of hydrogen-bond acceptors (Lipinski definition) is 6. The van der Waals surface area contributed by atoms with Crippen molar-refractivity contribution in [2.75, 3.05) is 6.54 Å². The molecule has 0 unspecified atom stereocenters. The van der Waals surface area contributed by atoms with Crippen LogP contribution in [0.1, 0.15) is 56.3 Å². The lowest BCUT2D eigenvalue weighted by Crippen LogP contribution is -2.36. The highest BCUT2D eigenvalue weighted by Crippen LogP contribution is 2.25. The molecule has 2 aromatic rings. The van der Waals surface area contributed by atoms with Crippen LogP contribution in [0, 0.1) is 0 Å².